The minimum Gasteiger partial charge on any atom is -0.497 e. The maximum atomic E-state index is 6.70. The first-order chi connectivity index (χ1) is 9.83. The van der Waals surface area contributed by atoms with Crippen molar-refractivity contribution in [1.29, 1.82) is 0 Å². The summed E-state index contributed by atoms with van der Waals surface area (Å²) in [6.07, 6.45) is 10.7. The molecule has 1 unspecified atom stereocenters. The van der Waals surface area contributed by atoms with Gasteiger partial charge in [-0.1, -0.05) is 49.6 Å². The van der Waals surface area contributed by atoms with Gasteiger partial charge in [-0.3, -0.25) is 0 Å². The van der Waals surface area contributed by atoms with Crippen molar-refractivity contribution in [3.05, 3.63) is 47.7 Å². The van der Waals surface area contributed by atoms with Crippen molar-refractivity contribution < 1.29 is 4.74 Å². The molecule has 1 heterocycles. The topological polar surface area (TPSA) is 35.2 Å². The Balaban J connectivity index is 1.95. The Bertz CT molecular complexity index is 460. The second kappa shape index (κ2) is 6.01. The third kappa shape index (κ3) is 2.49. The molecule has 108 valence electrons. The van der Waals surface area contributed by atoms with E-state index >= 15 is 0 Å². The van der Waals surface area contributed by atoms with E-state index in [-0.39, 0.29) is 11.5 Å². The van der Waals surface area contributed by atoms with Crippen LogP contribution in [0.25, 0.3) is 0 Å². The fourth-order valence-corrected chi connectivity index (χ4v) is 3.80. The molecule has 1 aliphatic carbocycles. The molecule has 20 heavy (non-hydrogen) atoms. The largest absolute Gasteiger partial charge is 0.497 e. The fourth-order valence-electron chi connectivity index (χ4n) is 3.80. The van der Waals surface area contributed by atoms with E-state index in [1.807, 2.05) is 0 Å². The summed E-state index contributed by atoms with van der Waals surface area (Å²) in [5, 5.41) is 0. The number of hydrogen-bond donors (Lipinski definition) is 1. The summed E-state index contributed by atoms with van der Waals surface area (Å²) in [7, 11) is 0. The number of ether oxygens (including phenoxy) is 1. The van der Waals surface area contributed by atoms with Crippen molar-refractivity contribution >= 4 is 0 Å². The van der Waals surface area contributed by atoms with Crippen LogP contribution in [0.4, 0.5) is 0 Å². The summed E-state index contributed by atoms with van der Waals surface area (Å²) in [5.74, 6) is 1.03. The molecule has 2 N–H and O–H groups in total. The second-order valence-corrected chi connectivity index (χ2v) is 6.16. The lowest BCUT2D eigenvalue weighted by Gasteiger charge is -2.43. The molecule has 1 saturated carbocycles. The van der Waals surface area contributed by atoms with Crippen LogP contribution in [-0.4, -0.2) is 12.6 Å². The van der Waals surface area contributed by atoms with E-state index < -0.39 is 0 Å². The lowest BCUT2D eigenvalue weighted by atomic mass is 9.64. The van der Waals surface area contributed by atoms with Crippen LogP contribution in [-0.2, 0) is 10.2 Å². The Morgan fingerprint density at radius 2 is 1.75 bits per heavy atom. The van der Waals surface area contributed by atoms with Crippen molar-refractivity contribution in [3.8, 4) is 0 Å². The van der Waals surface area contributed by atoms with Gasteiger partial charge in [-0.2, -0.15) is 0 Å². The van der Waals surface area contributed by atoms with Crippen molar-refractivity contribution in [2.45, 2.75) is 56.4 Å². The molecular formula is C18H25NO. The molecule has 1 atom stereocenters. The van der Waals surface area contributed by atoms with Gasteiger partial charge in [-0.25, -0.2) is 0 Å². The van der Waals surface area contributed by atoms with Gasteiger partial charge in [0.25, 0.3) is 0 Å². The first kappa shape index (κ1) is 13.7. The van der Waals surface area contributed by atoms with Gasteiger partial charge in [0, 0.05) is 5.41 Å². The Morgan fingerprint density at radius 1 is 1.00 bits per heavy atom. The zero-order valence-corrected chi connectivity index (χ0v) is 12.2. The zero-order valence-electron chi connectivity index (χ0n) is 12.2. The molecule has 0 aromatic heterocycles. The summed E-state index contributed by atoms with van der Waals surface area (Å²) < 4.78 is 5.88. The van der Waals surface area contributed by atoms with Crippen LogP contribution in [0.1, 0.15) is 50.5 Å². The minimum absolute atomic E-state index is 0.00509. The SMILES string of the molecule is NC(C1=CCCCO1)C1(c2ccccc2)CCCCC1. The highest BCUT2D eigenvalue weighted by Gasteiger charge is 2.42. The maximum absolute atomic E-state index is 6.70. The highest BCUT2D eigenvalue weighted by molar-refractivity contribution is 5.32. The van der Waals surface area contributed by atoms with Gasteiger partial charge in [0.05, 0.1) is 12.6 Å². The molecule has 2 heteroatoms. The Labute approximate surface area is 122 Å². The lowest BCUT2D eigenvalue weighted by molar-refractivity contribution is 0.138. The first-order valence-corrected chi connectivity index (χ1v) is 7.97. The molecule has 0 saturated heterocycles. The van der Waals surface area contributed by atoms with Gasteiger partial charge in [-0.05, 0) is 37.3 Å². The number of allylic oxidation sites excluding steroid dienone is 1. The van der Waals surface area contributed by atoms with Gasteiger partial charge in [0.15, 0.2) is 0 Å². The summed E-state index contributed by atoms with van der Waals surface area (Å²) in [4.78, 5) is 0. The molecule has 2 aliphatic rings. The van der Waals surface area contributed by atoms with E-state index in [9.17, 15) is 0 Å². The van der Waals surface area contributed by atoms with Gasteiger partial charge in [0.2, 0.25) is 0 Å². The number of nitrogens with two attached hydrogens (primary N) is 1. The van der Waals surface area contributed by atoms with Crippen LogP contribution in [0, 0.1) is 0 Å². The number of rotatable bonds is 3. The Kier molecular flexibility index (Phi) is 4.11. The van der Waals surface area contributed by atoms with E-state index in [1.54, 1.807) is 0 Å². The van der Waals surface area contributed by atoms with Crippen molar-refractivity contribution in [3.63, 3.8) is 0 Å². The Morgan fingerprint density at radius 3 is 2.40 bits per heavy atom. The molecule has 0 spiro atoms. The highest BCUT2D eigenvalue weighted by atomic mass is 16.5. The fraction of sp³-hybridized carbons (Fsp3) is 0.556. The summed E-state index contributed by atoms with van der Waals surface area (Å²) in [6.45, 7) is 0.824. The Hall–Kier alpha value is -1.28. The molecule has 1 aromatic rings. The average Bonchev–Trinajstić information content (AvgIpc) is 2.56. The summed E-state index contributed by atoms with van der Waals surface area (Å²) in [5.41, 5.74) is 8.16. The van der Waals surface area contributed by atoms with E-state index in [4.69, 9.17) is 10.5 Å². The van der Waals surface area contributed by atoms with Crippen LogP contribution in [0.2, 0.25) is 0 Å². The number of benzene rings is 1. The minimum atomic E-state index is 0.00509. The zero-order chi connectivity index (χ0) is 13.8. The predicted octanol–water partition coefficient (Wildman–Crippen LogP) is 3.91. The van der Waals surface area contributed by atoms with Gasteiger partial charge in [0.1, 0.15) is 5.76 Å². The van der Waals surface area contributed by atoms with Crippen LogP contribution in [0.3, 0.4) is 0 Å². The first-order valence-electron chi connectivity index (χ1n) is 7.97. The summed E-state index contributed by atoms with van der Waals surface area (Å²) >= 11 is 0. The number of hydrogen-bond acceptors (Lipinski definition) is 2. The quantitative estimate of drug-likeness (QED) is 0.904. The molecule has 0 radical (unpaired) electrons. The normalized spacial score (nSPS) is 23.6. The third-order valence-electron chi connectivity index (χ3n) is 4.96. The van der Waals surface area contributed by atoms with Crippen molar-refractivity contribution in [2.75, 3.05) is 6.61 Å². The van der Waals surface area contributed by atoms with Crippen LogP contribution in [0.5, 0.6) is 0 Å². The van der Waals surface area contributed by atoms with Crippen LogP contribution in [0.15, 0.2) is 42.2 Å². The molecular weight excluding hydrogens is 246 g/mol. The molecule has 1 aromatic carbocycles. The van der Waals surface area contributed by atoms with Crippen LogP contribution < -0.4 is 5.73 Å². The van der Waals surface area contributed by atoms with E-state index in [2.05, 4.69) is 36.4 Å². The average molecular weight is 271 g/mol. The van der Waals surface area contributed by atoms with Gasteiger partial charge in [-0.15, -0.1) is 0 Å². The third-order valence-corrected chi connectivity index (χ3v) is 4.96. The molecule has 1 aliphatic heterocycles. The standard InChI is InChI=1S/C18H25NO/c19-17(16-11-5-8-14-20-16)18(12-6-2-7-13-18)15-9-3-1-4-10-15/h1,3-4,9-11,17H,2,5-8,12-14,19H2. The molecule has 1 fully saturated rings. The smallest absolute Gasteiger partial charge is 0.110 e. The van der Waals surface area contributed by atoms with E-state index in [0.29, 0.717) is 0 Å². The lowest BCUT2D eigenvalue weighted by Crippen LogP contribution is -2.48. The van der Waals surface area contributed by atoms with Crippen LogP contribution >= 0.6 is 0 Å². The molecule has 0 amide bonds. The predicted molar refractivity (Wildman–Crippen MR) is 82.4 cm³/mol. The van der Waals surface area contributed by atoms with E-state index in [1.165, 1.54) is 37.7 Å². The molecule has 2 nitrogen and oxygen atoms in total. The molecule has 0 bridgehead atoms. The van der Waals surface area contributed by atoms with E-state index in [0.717, 1.165) is 25.2 Å². The van der Waals surface area contributed by atoms with Gasteiger partial charge >= 0.3 is 0 Å². The monoisotopic (exact) mass is 271 g/mol. The second-order valence-electron chi connectivity index (χ2n) is 6.16. The van der Waals surface area contributed by atoms with Crippen molar-refractivity contribution in [2.24, 2.45) is 5.73 Å². The van der Waals surface area contributed by atoms with Gasteiger partial charge < -0.3 is 10.5 Å². The maximum Gasteiger partial charge on any atom is 0.110 e. The summed E-state index contributed by atoms with van der Waals surface area (Å²) in [6, 6.07) is 10.8. The highest BCUT2D eigenvalue weighted by Crippen LogP contribution is 2.43. The van der Waals surface area contributed by atoms with Crippen molar-refractivity contribution in [1.82, 2.24) is 0 Å². The molecule has 3 rings (SSSR count).